The molecule has 168 valence electrons. The molecule has 1 aromatic carbocycles. The Balaban J connectivity index is 2.22. The van der Waals surface area contributed by atoms with Gasteiger partial charge in [-0.1, -0.05) is 24.3 Å². The van der Waals surface area contributed by atoms with Crippen molar-refractivity contribution in [2.45, 2.75) is 75.9 Å². The fraction of sp³-hybridized carbons (Fsp3) is 0.619. The minimum absolute atomic E-state index is 0.0709. The van der Waals surface area contributed by atoms with E-state index >= 15 is 0 Å². The lowest BCUT2D eigenvalue weighted by molar-refractivity contribution is -0.143. The van der Waals surface area contributed by atoms with Crippen LogP contribution in [0.3, 0.4) is 0 Å². The number of halogens is 4. The molecule has 1 aliphatic carbocycles. The van der Waals surface area contributed by atoms with E-state index in [-0.39, 0.29) is 12.0 Å². The van der Waals surface area contributed by atoms with Crippen LogP contribution in [0.5, 0.6) is 0 Å². The van der Waals surface area contributed by atoms with Gasteiger partial charge in [-0.2, -0.15) is 0 Å². The summed E-state index contributed by atoms with van der Waals surface area (Å²) in [5, 5.41) is 2.40. The number of esters is 1. The van der Waals surface area contributed by atoms with Crippen LogP contribution in [0.1, 0.15) is 44.2 Å². The van der Waals surface area contributed by atoms with Crippen molar-refractivity contribution in [1.82, 2.24) is 5.32 Å². The predicted octanol–water partition coefficient (Wildman–Crippen LogP) is 4.14. The molecule has 1 aliphatic rings. The molecular formula is C21H27F4NO4. The van der Waals surface area contributed by atoms with Gasteiger partial charge < -0.3 is 14.8 Å². The van der Waals surface area contributed by atoms with Crippen LogP contribution in [-0.2, 0) is 20.7 Å². The van der Waals surface area contributed by atoms with Crippen molar-refractivity contribution in [1.29, 1.82) is 0 Å². The molecule has 0 heterocycles. The molecule has 0 aromatic heterocycles. The van der Waals surface area contributed by atoms with Crippen LogP contribution >= 0.6 is 0 Å². The van der Waals surface area contributed by atoms with E-state index in [1.54, 1.807) is 26.8 Å². The van der Waals surface area contributed by atoms with Gasteiger partial charge in [0.2, 0.25) is 0 Å². The molecule has 6 atom stereocenters. The van der Waals surface area contributed by atoms with E-state index in [1.165, 1.54) is 18.2 Å². The van der Waals surface area contributed by atoms with Gasteiger partial charge in [-0.3, -0.25) is 0 Å². The van der Waals surface area contributed by atoms with E-state index in [0.29, 0.717) is 5.56 Å². The Morgan fingerprint density at radius 1 is 1.13 bits per heavy atom. The molecule has 0 bridgehead atoms. The normalized spacial score (nSPS) is 27.8. The molecule has 0 spiro atoms. The highest BCUT2D eigenvalue weighted by molar-refractivity contribution is 5.81. The van der Waals surface area contributed by atoms with E-state index in [0.717, 1.165) is 7.11 Å². The van der Waals surface area contributed by atoms with Crippen molar-refractivity contribution < 1.29 is 36.6 Å². The molecule has 5 nitrogen and oxygen atoms in total. The average molecular weight is 433 g/mol. The van der Waals surface area contributed by atoms with Crippen LogP contribution in [0.2, 0.25) is 0 Å². The van der Waals surface area contributed by atoms with Gasteiger partial charge in [0, 0.05) is 12.8 Å². The zero-order valence-electron chi connectivity index (χ0n) is 17.3. The molecular weight excluding hydrogens is 406 g/mol. The van der Waals surface area contributed by atoms with Gasteiger partial charge in [-0.05, 0) is 31.9 Å². The van der Waals surface area contributed by atoms with Gasteiger partial charge in [0.1, 0.15) is 36.3 Å². The van der Waals surface area contributed by atoms with Gasteiger partial charge in [-0.15, -0.1) is 0 Å². The first-order chi connectivity index (χ1) is 13.9. The number of methoxy groups -OCH3 is 1. The third-order valence-corrected chi connectivity index (χ3v) is 4.78. The number of hydrogen-bond donors (Lipinski definition) is 1. The minimum atomic E-state index is -2.18. The summed E-state index contributed by atoms with van der Waals surface area (Å²) in [6.07, 6.45) is -10.3. The number of benzene rings is 1. The minimum Gasteiger partial charge on any atom is -0.467 e. The lowest BCUT2D eigenvalue weighted by Gasteiger charge is -2.34. The van der Waals surface area contributed by atoms with Crippen molar-refractivity contribution in [3.63, 3.8) is 0 Å². The zero-order valence-corrected chi connectivity index (χ0v) is 17.3. The smallest absolute Gasteiger partial charge is 0.408 e. The van der Waals surface area contributed by atoms with Crippen LogP contribution in [-0.4, -0.2) is 55.5 Å². The summed E-state index contributed by atoms with van der Waals surface area (Å²) >= 11 is 0. The molecule has 30 heavy (non-hydrogen) atoms. The molecule has 1 aromatic rings. The van der Waals surface area contributed by atoms with E-state index in [4.69, 9.17) is 9.47 Å². The summed E-state index contributed by atoms with van der Waals surface area (Å²) in [6, 6.07) is 4.67. The third kappa shape index (κ3) is 6.09. The molecule has 0 aliphatic heterocycles. The van der Waals surface area contributed by atoms with Crippen LogP contribution in [0.15, 0.2) is 24.3 Å². The van der Waals surface area contributed by atoms with E-state index in [9.17, 15) is 27.2 Å². The zero-order chi connectivity index (χ0) is 22.6. The highest BCUT2D eigenvalue weighted by Crippen LogP contribution is 2.40. The summed E-state index contributed by atoms with van der Waals surface area (Å²) in [4.78, 5) is 24.1. The Morgan fingerprint density at radius 2 is 1.73 bits per heavy atom. The summed E-state index contributed by atoms with van der Waals surface area (Å²) in [6.45, 7) is 4.97. The van der Waals surface area contributed by atoms with Crippen molar-refractivity contribution in [3.8, 4) is 0 Å². The van der Waals surface area contributed by atoms with Crippen molar-refractivity contribution in [2.75, 3.05) is 7.11 Å². The number of alkyl carbamates (subject to hydrolysis) is 1. The number of rotatable bonds is 5. The maximum Gasteiger partial charge on any atom is 0.408 e. The van der Waals surface area contributed by atoms with Gasteiger partial charge >= 0.3 is 12.1 Å². The third-order valence-electron chi connectivity index (χ3n) is 4.78. The second-order valence-electron chi connectivity index (χ2n) is 8.35. The van der Waals surface area contributed by atoms with Crippen LogP contribution < -0.4 is 5.32 Å². The first kappa shape index (κ1) is 24.0. The van der Waals surface area contributed by atoms with Gasteiger partial charge in [-0.25, -0.2) is 27.2 Å². The number of amides is 1. The fourth-order valence-electron chi connectivity index (χ4n) is 3.42. The number of carbonyl (C=O) groups is 2. The van der Waals surface area contributed by atoms with Crippen LogP contribution in [0.25, 0.3) is 0 Å². The number of hydrogen-bond acceptors (Lipinski definition) is 4. The maximum absolute atomic E-state index is 14.3. The maximum atomic E-state index is 14.3. The number of alkyl halides is 4. The van der Waals surface area contributed by atoms with Crippen LogP contribution in [0, 0.1) is 0 Å². The Bertz CT molecular complexity index is 741. The van der Waals surface area contributed by atoms with Crippen molar-refractivity contribution in [3.05, 3.63) is 35.4 Å². The quantitative estimate of drug-likeness (QED) is 0.560. The Morgan fingerprint density at radius 3 is 2.27 bits per heavy atom. The molecule has 1 saturated carbocycles. The van der Waals surface area contributed by atoms with Gasteiger partial charge in [0.15, 0.2) is 0 Å². The Labute approximate surface area is 173 Å². The lowest BCUT2D eigenvalue weighted by atomic mass is 9.78. The van der Waals surface area contributed by atoms with E-state index in [2.05, 4.69) is 5.32 Å². The summed E-state index contributed by atoms with van der Waals surface area (Å²) in [5.41, 5.74) is -0.280. The lowest BCUT2D eigenvalue weighted by Crippen LogP contribution is -2.45. The first-order valence-corrected chi connectivity index (χ1v) is 9.65. The average Bonchev–Trinajstić information content (AvgIpc) is 2.64. The van der Waals surface area contributed by atoms with E-state index < -0.39 is 60.7 Å². The largest absolute Gasteiger partial charge is 0.467 e. The SMILES string of the molecule is COC(=O)[C@H](Cc1cccc(C2[C@@H](F)[C@@H](F)C[C@@H](F)[C@H]2F)c1)NC(=O)OC(C)(C)C. The molecule has 1 unspecified atom stereocenters. The second-order valence-corrected chi connectivity index (χ2v) is 8.35. The first-order valence-electron chi connectivity index (χ1n) is 9.65. The van der Waals surface area contributed by atoms with Crippen molar-refractivity contribution in [2.24, 2.45) is 0 Å². The summed E-state index contributed by atoms with van der Waals surface area (Å²) in [5.74, 6) is -2.34. The highest BCUT2D eigenvalue weighted by Gasteiger charge is 2.47. The topological polar surface area (TPSA) is 64.6 Å². The van der Waals surface area contributed by atoms with Gasteiger partial charge in [0.25, 0.3) is 0 Å². The molecule has 9 heteroatoms. The molecule has 0 radical (unpaired) electrons. The monoisotopic (exact) mass is 433 g/mol. The Hall–Kier alpha value is -2.32. The van der Waals surface area contributed by atoms with E-state index in [1.807, 2.05) is 0 Å². The molecule has 2 rings (SSSR count). The second kappa shape index (κ2) is 9.66. The fourth-order valence-corrected chi connectivity index (χ4v) is 3.42. The van der Waals surface area contributed by atoms with Crippen LogP contribution in [0.4, 0.5) is 22.4 Å². The predicted molar refractivity (Wildman–Crippen MR) is 102 cm³/mol. The Kier molecular flexibility index (Phi) is 7.71. The van der Waals surface area contributed by atoms with Gasteiger partial charge in [0.05, 0.1) is 13.0 Å². The molecule has 1 amide bonds. The van der Waals surface area contributed by atoms with Crippen molar-refractivity contribution >= 4 is 12.1 Å². The highest BCUT2D eigenvalue weighted by atomic mass is 19.2. The number of nitrogens with one attached hydrogen (secondary N) is 1. The standard InChI is InChI=1S/C21H27F4NO4/c1-21(2,3)30-20(28)26-15(19(27)29-4)9-11-6-5-7-12(8-11)16-17(24)13(22)10-14(23)18(16)25/h5-8,13-18H,9-10H2,1-4H3,(H,26,28)/t13-,14+,15-,16?,17-,18+/m0/s1. The molecule has 0 saturated heterocycles. The molecule has 1 N–H and O–H groups in total. The number of ether oxygens (including phenoxy) is 2. The summed E-state index contributed by atoms with van der Waals surface area (Å²) < 4.78 is 66.0. The molecule has 1 fully saturated rings. The summed E-state index contributed by atoms with van der Waals surface area (Å²) in [7, 11) is 1.15. The number of carbonyl (C=O) groups excluding carboxylic acids is 2.